The molecule has 1 aliphatic carbocycles. The summed E-state index contributed by atoms with van der Waals surface area (Å²) in [6, 6.07) is 4.10. The lowest BCUT2D eigenvalue weighted by molar-refractivity contribution is -0.118. The van der Waals surface area contributed by atoms with E-state index in [4.69, 9.17) is 0 Å². The van der Waals surface area contributed by atoms with Gasteiger partial charge >= 0.3 is 0 Å². The van der Waals surface area contributed by atoms with Crippen LogP contribution in [0.5, 0.6) is 0 Å². The second kappa shape index (κ2) is 7.05. The number of hydrogen-bond acceptors (Lipinski definition) is 3. The van der Waals surface area contributed by atoms with Crippen molar-refractivity contribution in [1.82, 2.24) is 5.32 Å². The topological polar surface area (TPSA) is 52.9 Å². The van der Waals surface area contributed by atoms with E-state index in [0.717, 1.165) is 28.6 Å². The van der Waals surface area contributed by atoms with Crippen LogP contribution < -0.4 is 5.32 Å². The molecule has 106 valence electrons. The van der Waals surface area contributed by atoms with Crippen molar-refractivity contribution in [3.63, 3.8) is 0 Å². The van der Waals surface area contributed by atoms with Gasteiger partial charge in [-0.05, 0) is 46.8 Å². The van der Waals surface area contributed by atoms with Gasteiger partial charge in [-0.15, -0.1) is 11.3 Å². The molecule has 1 heterocycles. The first-order chi connectivity index (χ1) is 9.60. The van der Waals surface area contributed by atoms with Crippen LogP contribution in [0.25, 0.3) is 6.08 Å². The molecule has 0 spiro atoms. The van der Waals surface area contributed by atoms with Gasteiger partial charge < -0.3 is 5.32 Å². The summed E-state index contributed by atoms with van der Waals surface area (Å²) in [5.74, 6) is 0.235. The summed E-state index contributed by atoms with van der Waals surface area (Å²) >= 11 is 4.87. The Kier molecular flexibility index (Phi) is 5.38. The van der Waals surface area contributed by atoms with Crippen LogP contribution >= 0.6 is 27.3 Å². The number of hydrogen-bond donors (Lipinski definition) is 1. The van der Waals surface area contributed by atoms with Gasteiger partial charge in [0.2, 0.25) is 0 Å². The van der Waals surface area contributed by atoms with Gasteiger partial charge in [0.05, 0.1) is 0 Å². The summed E-state index contributed by atoms with van der Waals surface area (Å²) < 4.78 is 0.965. The summed E-state index contributed by atoms with van der Waals surface area (Å²) in [6.07, 6.45) is 6.19. The third kappa shape index (κ3) is 3.94. The predicted octanol–water partition coefficient (Wildman–Crippen LogP) is 4.11. The Morgan fingerprint density at radius 1 is 1.55 bits per heavy atom. The normalized spacial score (nSPS) is 23.1. The molecule has 1 aromatic heterocycles. The average molecular weight is 353 g/mol. The van der Waals surface area contributed by atoms with Crippen LogP contribution in [0.15, 0.2) is 21.5 Å². The molecule has 3 nitrogen and oxygen atoms in total. The van der Waals surface area contributed by atoms with E-state index < -0.39 is 0 Å². The molecule has 1 aromatic rings. The highest BCUT2D eigenvalue weighted by Gasteiger charge is 2.24. The van der Waals surface area contributed by atoms with E-state index in [2.05, 4.69) is 28.2 Å². The summed E-state index contributed by atoms with van der Waals surface area (Å²) in [5, 5.41) is 14.1. The highest BCUT2D eigenvalue weighted by molar-refractivity contribution is 9.10. The zero-order valence-corrected chi connectivity index (χ0v) is 13.8. The van der Waals surface area contributed by atoms with Gasteiger partial charge in [0, 0.05) is 20.8 Å². The van der Waals surface area contributed by atoms with Gasteiger partial charge in [-0.1, -0.05) is 19.8 Å². The zero-order chi connectivity index (χ0) is 14.5. The van der Waals surface area contributed by atoms with Crippen LogP contribution in [-0.2, 0) is 4.79 Å². The van der Waals surface area contributed by atoms with Crippen molar-refractivity contribution >= 4 is 39.2 Å². The molecule has 1 aliphatic rings. The number of amides is 1. The smallest absolute Gasteiger partial charge is 0.262 e. The molecule has 20 heavy (non-hydrogen) atoms. The number of rotatable bonds is 3. The third-order valence-corrected chi connectivity index (χ3v) is 5.31. The van der Waals surface area contributed by atoms with Crippen LogP contribution in [0.4, 0.5) is 0 Å². The molecule has 0 bridgehead atoms. The van der Waals surface area contributed by atoms with Crippen LogP contribution in [0.1, 0.15) is 37.5 Å². The van der Waals surface area contributed by atoms with E-state index in [-0.39, 0.29) is 17.5 Å². The molecule has 2 atom stereocenters. The Morgan fingerprint density at radius 3 is 2.90 bits per heavy atom. The Balaban J connectivity index is 2.06. The summed E-state index contributed by atoms with van der Waals surface area (Å²) in [4.78, 5) is 13.1. The number of thiophene rings is 1. The minimum atomic E-state index is -0.254. The molecule has 0 aromatic carbocycles. The highest BCUT2D eigenvalue weighted by atomic mass is 79.9. The molecule has 0 aliphatic heterocycles. The van der Waals surface area contributed by atoms with Crippen molar-refractivity contribution in [2.45, 2.75) is 38.6 Å². The molecule has 1 fully saturated rings. The van der Waals surface area contributed by atoms with Crippen LogP contribution in [0.3, 0.4) is 0 Å². The standard InChI is InChI=1S/C15H17BrN2OS/c1-10-4-2-3-5-14(10)18-15(19)11(8-17)6-13-7-12(16)9-20-13/h6-7,9-10,14H,2-5H2,1H3,(H,18,19)/b11-6+/t10-,14+/m0/s1. The van der Waals surface area contributed by atoms with Gasteiger partial charge in [-0.2, -0.15) is 5.26 Å². The Hall–Kier alpha value is -1.12. The number of halogens is 1. The molecule has 0 unspecified atom stereocenters. The molecule has 1 amide bonds. The van der Waals surface area contributed by atoms with Gasteiger partial charge in [0.25, 0.3) is 5.91 Å². The van der Waals surface area contributed by atoms with Crippen molar-refractivity contribution in [3.8, 4) is 6.07 Å². The van der Waals surface area contributed by atoms with Crippen molar-refractivity contribution in [2.24, 2.45) is 5.92 Å². The fraction of sp³-hybridized carbons (Fsp3) is 0.467. The number of nitrogens with one attached hydrogen (secondary N) is 1. The maximum absolute atomic E-state index is 12.2. The Labute approximate surface area is 131 Å². The second-order valence-corrected chi connectivity index (χ2v) is 7.04. The number of nitrogens with zero attached hydrogens (tertiary/aromatic N) is 1. The monoisotopic (exact) mass is 352 g/mol. The van der Waals surface area contributed by atoms with Crippen molar-refractivity contribution in [2.75, 3.05) is 0 Å². The van der Waals surface area contributed by atoms with E-state index in [0.29, 0.717) is 5.92 Å². The second-order valence-electron chi connectivity index (χ2n) is 5.18. The molecule has 2 rings (SSSR count). The Bertz CT molecular complexity index is 558. The van der Waals surface area contributed by atoms with Crippen molar-refractivity contribution in [1.29, 1.82) is 5.26 Å². The first-order valence-electron chi connectivity index (χ1n) is 6.77. The van der Waals surface area contributed by atoms with Crippen LogP contribution in [0.2, 0.25) is 0 Å². The fourth-order valence-corrected chi connectivity index (χ4v) is 3.85. The van der Waals surface area contributed by atoms with Gasteiger partial charge in [0.15, 0.2) is 0 Å². The van der Waals surface area contributed by atoms with E-state index >= 15 is 0 Å². The molecule has 1 N–H and O–H groups in total. The largest absolute Gasteiger partial charge is 0.348 e. The molecular formula is C15H17BrN2OS. The Morgan fingerprint density at radius 2 is 2.30 bits per heavy atom. The first-order valence-corrected chi connectivity index (χ1v) is 8.44. The van der Waals surface area contributed by atoms with E-state index in [1.807, 2.05) is 17.5 Å². The van der Waals surface area contributed by atoms with Crippen LogP contribution in [0, 0.1) is 17.2 Å². The van der Waals surface area contributed by atoms with Crippen molar-refractivity contribution < 1.29 is 4.79 Å². The maximum atomic E-state index is 12.2. The van der Waals surface area contributed by atoms with E-state index in [1.54, 1.807) is 6.08 Å². The lowest BCUT2D eigenvalue weighted by Crippen LogP contribution is -2.41. The summed E-state index contributed by atoms with van der Waals surface area (Å²) in [6.45, 7) is 2.16. The van der Waals surface area contributed by atoms with Gasteiger partial charge in [-0.3, -0.25) is 4.79 Å². The first kappa shape index (κ1) is 15.3. The molecule has 1 saturated carbocycles. The summed E-state index contributed by atoms with van der Waals surface area (Å²) in [7, 11) is 0. The average Bonchev–Trinajstić information content (AvgIpc) is 2.84. The highest BCUT2D eigenvalue weighted by Crippen LogP contribution is 2.25. The lowest BCUT2D eigenvalue weighted by Gasteiger charge is -2.29. The maximum Gasteiger partial charge on any atom is 0.262 e. The lowest BCUT2D eigenvalue weighted by atomic mass is 9.86. The van der Waals surface area contributed by atoms with Crippen LogP contribution in [-0.4, -0.2) is 11.9 Å². The van der Waals surface area contributed by atoms with Gasteiger partial charge in [-0.25, -0.2) is 0 Å². The quantitative estimate of drug-likeness (QED) is 0.657. The zero-order valence-electron chi connectivity index (χ0n) is 11.4. The molecular weight excluding hydrogens is 336 g/mol. The number of nitriles is 1. The van der Waals surface area contributed by atoms with Gasteiger partial charge in [0.1, 0.15) is 11.6 Å². The third-order valence-electron chi connectivity index (χ3n) is 3.67. The summed E-state index contributed by atoms with van der Waals surface area (Å²) in [5.41, 5.74) is 0.178. The van der Waals surface area contributed by atoms with E-state index in [1.165, 1.54) is 17.8 Å². The predicted molar refractivity (Wildman–Crippen MR) is 85.2 cm³/mol. The number of carbonyl (C=O) groups excluding carboxylic acids is 1. The minimum Gasteiger partial charge on any atom is -0.348 e. The van der Waals surface area contributed by atoms with E-state index in [9.17, 15) is 10.1 Å². The van der Waals surface area contributed by atoms with Crippen molar-refractivity contribution in [3.05, 3.63) is 26.4 Å². The fourth-order valence-electron chi connectivity index (χ4n) is 2.47. The molecule has 0 radical (unpaired) electrons. The minimum absolute atomic E-state index is 0.178. The number of carbonyl (C=O) groups is 1. The molecule has 0 saturated heterocycles. The molecule has 5 heteroatoms. The SMILES string of the molecule is C[C@H]1CCCC[C@H]1NC(=O)/C(C#N)=C/c1cc(Br)cs1.